The van der Waals surface area contributed by atoms with E-state index in [0.717, 1.165) is 5.56 Å². The van der Waals surface area contributed by atoms with Crippen LogP contribution in [0.1, 0.15) is 18.5 Å². The maximum Gasteiger partial charge on any atom is 0.266 e. The summed E-state index contributed by atoms with van der Waals surface area (Å²) in [5, 5.41) is 3.87. The van der Waals surface area contributed by atoms with Crippen LogP contribution in [0, 0.1) is 0 Å². The molecule has 1 N–H and O–H groups in total. The van der Waals surface area contributed by atoms with Crippen molar-refractivity contribution in [1.29, 1.82) is 0 Å². The summed E-state index contributed by atoms with van der Waals surface area (Å²) in [6.07, 6.45) is 1.61. The molecule has 5 heteroatoms. The van der Waals surface area contributed by atoms with Crippen molar-refractivity contribution in [2.45, 2.75) is 13.0 Å². The molecule has 0 amide bonds. The van der Waals surface area contributed by atoms with Gasteiger partial charge in [-0.3, -0.25) is 4.79 Å². The van der Waals surface area contributed by atoms with Crippen molar-refractivity contribution < 1.29 is 0 Å². The highest BCUT2D eigenvalue weighted by Crippen LogP contribution is 2.26. The standard InChI is InChI=1S/C11H10Cl2N2O/c1-7(15-11(16)4-5-14-15)8-2-3-9(12)10(13)6-8/h2-7,14H,1H3. The van der Waals surface area contributed by atoms with Crippen molar-refractivity contribution in [1.82, 2.24) is 9.78 Å². The normalized spacial score (nSPS) is 12.7. The van der Waals surface area contributed by atoms with Crippen LogP contribution in [0.25, 0.3) is 0 Å². The summed E-state index contributed by atoms with van der Waals surface area (Å²) < 4.78 is 1.53. The van der Waals surface area contributed by atoms with Crippen LogP contribution in [0.15, 0.2) is 35.3 Å². The van der Waals surface area contributed by atoms with E-state index in [9.17, 15) is 4.79 Å². The number of aromatic nitrogens is 2. The van der Waals surface area contributed by atoms with Gasteiger partial charge >= 0.3 is 0 Å². The summed E-state index contributed by atoms with van der Waals surface area (Å²) in [5.41, 5.74) is 0.859. The van der Waals surface area contributed by atoms with Gasteiger partial charge in [-0.25, -0.2) is 4.68 Å². The van der Waals surface area contributed by atoms with Crippen LogP contribution in [0.4, 0.5) is 0 Å². The minimum absolute atomic E-state index is 0.0708. The number of hydrogen-bond donors (Lipinski definition) is 1. The lowest BCUT2D eigenvalue weighted by atomic mass is 10.1. The Morgan fingerprint density at radius 1 is 1.25 bits per heavy atom. The number of H-pyrrole nitrogens is 1. The van der Waals surface area contributed by atoms with Gasteiger partial charge in [-0.15, -0.1) is 0 Å². The maximum atomic E-state index is 11.5. The molecule has 84 valence electrons. The van der Waals surface area contributed by atoms with E-state index in [0.29, 0.717) is 10.0 Å². The molecular formula is C11H10Cl2N2O. The lowest BCUT2D eigenvalue weighted by molar-refractivity contribution is 0.548. The van der Waals surface area contributed by atoms with E-state index in [4.69, 9.17) is 23.2 Å². The number of aromatic amines is 1. The highest BCUT2D eigenvalue weighted by atomic mass is 35.5. The van der Waals surface area contributed by atoms with Gasteiger partial charge in [0.25, 0.3) is 5.56 Å². The van der Waals surface area contributed by atoms with Gasteiger partial charge in [0.2, 0.25) is 0 Å². The Hall–Kier alpha value is -1.19. The quantitative estimate of drug-likeness (QED) is 0.881. The number of nitrogens with one attached hydrogen (secondary N) is 1. The van der Waals surface area contributed by atoms with Gasteiger partial charge in [0.05, 0.1) is 16.1 Å². The average Bonchev–Trinajstić information content (AvgIpc) is 2.67. The molecule has 16 heavy (non-hydrogen) atoms. The molecule has 0 fully saturated rings. The zero-order valence-electron chi connectivity index (χ0n) is 8.58. The minimum atomic E-state index is -0.0998. The van der Waals surface area contributed by atoms with Gasteiger partial charge < -0.3 is 5.10 Å². The fraction of sp³-hybridized carbons (Fsp3) is 0.182. The Kier molecular flexibility index (Phi) is 3.08. The van der Waals surface area contributed by atoms with Crippen LogP contribution in [-0.2, 0) is 0 Å². The lowest BCUT2D eigenvalue weighted by Gasteiger charge is -2.13. The van der Waals surface area contributed by atoms with Crippen molar-refractivity contribution in [2.24, 2.45) is 0 Å². The van der Waals surface area contributed by atoms with Crippen molar-refractivity contribution in [3.8, 4) is 0 Å². The fourth-order valence-electron chi connectivity index (χ4n) is 1.56. The molecule has 1 heterocycles. The van der Waals surface area contributed by atoms with Gasteiger partial charge in [0, 0.05) is 12.3 Å². The molecule has 0 saturated carbocycles. The highest BCUT2D eigenvalue weighted by molar-refractivity contribution is 6.42. The first kappa shape index (κ1) is 11.3. The Balaban J connectivity index is 2.42. The maximum absolute atomic E-state index is 11.5. The number of hydrogen-bond acceptors (Lipinski definition) is 1. The summed E-state index contributed by atoms with van der Waals surface area (Å²) in [4.78, 5) is 11.5. The second-order valence-corrected chi connectivity index (χ2v) is 4.33. The van der Waals surface area contributed by atoms with E-state index in [1.54, 1.807) is 18.3 Å². The molecule has 0 aliphatic rings. The number of benzene rings is 1. The smallest absolute Gasteiger partial charge is 0.266 e. The molecule has 0 spiro atoms. The third kappa shape index (κ3) is 2.01. The molecule has 0 radical (unpaired) electrons. The van der Waals surface area contributed by atoms with Gasteiger partial charge in [-0.1, -0.05) is 29.3 Å². The minimum Gasteiger partial charge on any atom is -0.302 e. The van der Waals surface area contributed by atoms with Crippen molar-refractivity contribution >= 4 is 23.2 Å². The van der Waals surface area contributed by atoms with Gasteiger partial charge in [0.1, 0.15) is 0 Å². The zero-order chi connectivity index (χ0) is 11.7. The predicted molar refractivity (Wildman–Crippen MR) is 65.3 cm³/mol. The molecule has 0 saturated heterocycles. The van der Waals surface area contributed by atoms with Gasteiger partial charge in [-0.05, 0) is 24.6 Å². The highest BCUT2D eigenvalue weighted by Gasteiger charge is 2.11. The number of nitrogens with zero attached hydrogens (tertiary/aromatic N) is 1. The first-order valence-electron chi connectivity index (χ1n) is 4.80. The fourth-order valence-corrected chi connectivity index (χ4v) is 1.86. The van der Waals surface area contributed by atoms with E-state index in [2.05, 4.69) is 5.10 Å². The topological polar surface area (TPSA) is 37.8 Å². The third-order valence-electron chi connectivity index (χ3n) is 2.49. The molecule has 0 aliphatic heterocycles. The average molecular weight is 257 g/mol. The second-order valence-electron chi connectivity index (χ2n) is 3.52. The molecule has 2 aromatic rings. The number of halogens is 2. The first-order chi connectivity index (χ1) is 7.59. The van der Waals surface area contributed by atoms with Crippen molar-refractivity contribution in [3.05, 3.63) is 56.4 Å². The Labute approximate surface area is 103 Å². The summed E-state index contributed by atoms with van der Waals surface area (Å²) in [6.45, 7) is 1.91. The molecule has 1 unspecified atom stereocenters. The van der Waals surface area contributed by atoms with Crippen molar-refractivity contribution in [2.75, 3.05) is 0 Å². The summed E-state index contributed by atoms with van der Waals surface area (Å²) >= 11 is 11.8. The molecule has 0 bridgehead atoms. The molecule has 1 atom stereocenters. The molecule has 1 aromatic heterocycles. The molecule has 0 aliphatic carbocycles. The second kappa shape index (κ2) is 4.36. The van der Waals surface area contributed by atoms with Crippen LogP contribution in [-0.4, -0.2) is 9.78 Å². The third-order valence-corrected chi connectivity index (χ3v) is 3.23. The number of rotatable bonds is 2. The Morgan fingerprint density at radius 2 is 2.00 bits per heavy atom. The summed E-state index contributed by atoms with van der Waals surface area (Å²) in [6, 6.07) is 6.73. The first-order valence-corrected chi connectivity index (χ1v) is 5.56. The van der Waals surface area contributed by atoms with E-state index in [1.165, 1.54) is 10.7 Å². The van der Waals surface area contributed by atoms with Crippen LogP contribution in [0.5, 0.6) is 0 Å². The Bertz CT molecular complexity index is 559. The van der Waals surface area contributed by atoms with E-state index in [1.807, 2.05) is 13.0 Å². The van der Waals surface area contributed by atoms with Crippen LogP contribution in [0.3, 0.4) is 0 Å². The van der Waals surface area contributed by atoms with Crippen LogP contribution < -0.4 is 5.56 Å². The van der Waals surface area contributed by atoms with Gasteiger partial charge in [0.15, 0.2) is 0 Å². The Morgan fingerprint density at radius 3 is 2.56 bits per heavy atom. The molecular weight excluding hydrogens is 247 g/mol. The van der Waals surface area contributed by atoms with Crippen molar-refractivity contribution in [3.63, 3.8) is 0 Å². The summed E-state index contributed by atoms with van der Waals surface area (Å²) in [7, 11) is 0. The largest absolute Gasteiger partial charge is 0.302 e. The lowest BCUT2D eigenvalue weighted by Crippen LogP contribution is -2.20. The monoisotopic (exact) mass is 256 g/mol. The van der Waals surface area contributed by atoms with Crippen LogP contribution in [0.2, 0.25) is 10.0 Å². The SMILES string of the molecule is CC(c1ccc(Cl)c(Cl)c1)n1[nH]ccc1=O. The zero-order valence-corrected chi connectivity index (χ0v) is 10.1. The predicted octanol–water partition coefficient (Wildman–Crippen LogP) is 3.09. The van der Waals surface area contributed by atoms with Crippen LogP contribution >= 0.6 is 23.2 Å². The van der Waals surface area contributed by atoms with E-state index < -0.39 is 0 Å². The molecule has 1 aromatic carbocycles. The molecule has 3 nitrogen and oxygen atoms in total. The van der Waals surface area contributed by atoms with E-state index >= 15 is 0 Å². The van der Waals surface area contributed by atoms with E-state index in [-0.39, 0.29) is 11.6 Å². The summed E-state index contributed by atoms with van der Waals surface area (Å²) in [5.74, 6) is 0. The van der Waals surface area contributed by atoms with Gasteiger partial charge in [-0.2, -0.15) is 0 Å². The molecule has 2 rings (SSSR count).